The Bertz CT molecular complexity index is 549. The summed E-state index contributed by atoms with van der Waals surface area (Å²) in [7, 11) is 0. The van der Waals surface area contributed by atoms with Crippen molar-refractivity contribution < 1.29 is 9.53 Å². The van der Waals surface area contributed by atoms with Gasteiger partial charge < -0.3 is 15.0 Å². The Morgan fingerprint density at radius 1 is 1.22 bits per heavy atom. The highest BCUT2D eigenvalue weighted by atomic mass is 35.5. The predicted molar refractivity (Wildman–Crippen MR) is 94.1 cm³/mol. The van der Waals surface area contributed by atoms with Gasteiger partial charge in [-0.2, -0.15) is 0 Å². The van der Waals surface area contributed by atoms with Crippen molar-refractivity contribution in [3.05, 3.63) is 34.9 Å². The molecule has 1 atom stereocenters. The monoisotopic (exact) mass is 338 g/mol. The second kappa shape index (κ2) is 6.70. The van der Waals surface area contributed by atoms with E-state index in [0.29, 0.717) is 13.1 Å². The van der Waals surface area contributed by atoms with Crippen molar-refractivity contribution in [2.45, 2.75) is 51.7 Å². The summed E-state index contributed by atoms with van der Waals surface area (Å²) in [6, 6.07) is 8.08. The standard InChI is InChI=1S/C18H27ClN2O2/c1-17(2,3)23-16(22)21-11-10-20-15(12-21)18(4,5)13-6-8-14(19)9-7-13/h6-9,15,20H,10-12H2,1-5H3. The van der Waals surface area contributed by atoms with Crippen molar-refractivity contribution in [2.75, 3.05) is 19.6 Å². The Kier molecular flexibility index (Phi) is 5.27. The van der Waals surface area contributed by atoms with Crippen LogP contribution in [0.25, 0.3) is 0 Å². The van der Waals surface area contributed by atoms with Crippen molar-refractivity contribution in [3.63, 3.8) is 0 Å². The summed E-state index contributed by atoms with van der Waals surface area (Å²) in [6.07, 6.45) is -0.240. The molecule has 1 aromatic rings. The van der Waals surface area contributed by atoms with Crippen LogP contribution in [0.2, 0.25) is 5.02 Å². The molecular formula is C18H27ClN2O2. The van der Waals surface area contributed by atoms with E-state index in [9.17, 15) is 4.79 Å². The summed E-state index contributed by atoms with van der Waals surface area (Å²) in [5.41, 5.74) is 0.611. The predicted octanol–water partition coefficient (Wildman–Crippen LogP) is 3.83. The number of benzene rings is 1. The van der Waals surface area contributed by atoms with Crippen LogP contribution in [0, 0.1) is 0 Å². The van der Waals surface area contributed by atoms with Crippen LogP contribution in [0.15, 0.2) is 24.3 Å². The topological polar surface area (TPSA) is 41.6 Å². The van der Waals surface area contributed by atoms with Crippen molar-refractivity contribution in [1.82, 2.24) is 10.2 Å². The molecule has 5 heteroatoms. The maximum atomic E-state index is 12.3. The van der Waals surface area contributed by atoms with Crippen LogP contribution in [0.3, 0.4) is 0 Å². The quantitative estimate of drug-likeness (QED) is 0.891. The van der Waals surface area contributed by atoms with Gasteiger partial charge in [-0.3, -0.25) is 0 Å². The lowest BCUT2D eigenvalue weighted by atomic mass is 9.77. The van der Waals surface area contributed by atoms with Crippen molar-refractivity contribution >= 4 is 17.7 Å². The highest BCUT2D eigenvalue weighted by Gasteiger charge is 2.36. The van der Waals surface area contributed by atoms with E-state index in [1.54, 1.807) is 4.90 Å². The average molecular weight is 339 g/mol. The van der Waals surface area contributed by atoms with Crippen LogP contribution >= 0.6 is 11.6 Å². The lowest BCUT2D eigenvalue weighted by Gasteiger charge is -2.42. The van der Waals surface area contributed by atoms with E-state index in [1.807, 2.05) is 32.9 Å². The Morgan fingerprint density at radius 2 is 1.83 bits per heavy atom. The average Bonchev–Trinajstić information content (AvgIpc) is 2.46. The Balaban J connectivity index is 2.10. The number of carbonyl (C=O) groups excluding carboxylic acids is 1. The Morgan fingerprint density at radius 3 is 2.39 bits per heavy atom. The van der Waals surface area contributed by atoms with Crippen molar-refractivity contribution in [3.8, 4) is 0 Å². The summed E-state index contributed by atoms with van der Waals surface area (Å²) in [6.45, 7) is 12.1. The van der Waals surface area contributed by atoms with E-state index in [4.69, 9.17) is 16.3 Å². The molecule has 1 aliphatic rings. The molecular weight excluding hydrogens is 312 g/mol. The Labute approximate surface area is 144 Å². The van der Waals surface area contributed by atoms with Gasteiger partial charge in [0.25, 0.3) is 0 Å². The van der Waals surface area contributed by atoms with Gasteiger partial charge >= 0.3 is 6.09 Å². The molecule has 1 saturated heterocycles. The van der Waals surface area contributed by atoms with E-state index >= 15 is 0 Å². The highest BCUT2D eigenvalue weighted by Crippen LogP contribution is 2.30. The van der Waals surface area contributed by atoms with Crippen molar-refractivity contribution in [2.24, 2.45) is 0 Å². The number of rotatable bonds is 2. The van der Waals surface area contributed by atoms with E-state index in [1.165, 1.54) is 5.56 Å². The van der Waals surface area contributed by atoms with Gasteiger partial charge in [0.2, 0.25) is 0 Å². The second-order valence-corrected chi connectivity index (χ2v) is 8.10. The summed E-state index contributed by atoms with van der Waals surface area (Å²) in [4.78, 5) is 14.1. The molecule has 1 fully saturated rings. The number of nitrogens with zero attached hydrogens (tertiary/aromatic N) is 1. The van der Waals surface area contributed by atoms with E-state index in [2.05, 4.69) is 31.3 Å². The minimum Gasteiger partial charge on any atom is -0.444 e. The largest absolute Gasteiger partial charge is 0.444 e. The van der Waals surface area contributed by atoms with E-state index < -0.39 is 5.60 Å². The number of halogens is 1. The van der Waals surface area contributed by atoms with Crippen LogP contribution in [0.4, 0.5) is 4.79 Å². The molecule has 0 aliphatic carbocycles. The molecule has 0 saturated carbocycles. The molecule has 128 valence electrons. The van der Waals surface area contributed by atoms with Gasteiger partial charge in [-0.1, -0.05) is 37.6 Å². The molecule has 0 bridgehead atoms. The number of piperazine rings is 1. The van der Waals surface area contributed by atoms with Crippen LogP contribution < -0.4 is 5.32 Å². The van der Waals surface area contributed by atoms with E-state index in [0.717, 1.165) is 11.6 Å². The first kappa shape index (κ1) is 18.1. The summed E-state index contributed by atoms with van der Waals surface area (Å²) in [5.74, 6) is 0. The van der Waals surface area contributed by atoms with E-state index in [-0.39, 0.29) is 17.6 Å². The highest BCUT2D eigenvalue weighted by molar-refractivity contribution is 6.30. The number of hydrogen-bond acceptors (Lipinski definition) is 3. The molecule has 1 aromatic carbocycles. The van der Waals surface area contributed by atoms with Gasteiger partial charge in [0, 0.05) is 36.1 Å². The lowest BCUT2D eigenvalue weighted by Crippen LogP contribution is -2.59. The fourth-order valence-electron chi connectivity index (χ4n) is 2.81. The number of hydrogen-bond donors (Lipinski definition) is 1. The molecule has 1 N–H and O–H groups in total. The summed E-state index contributed by atoms with van der Waals surface area (Å²) < 4.78 is 5.50. The van der Waals surface area contributed by atoms with Crippen molar-refractivity contribution in [1.29, 1.82) is 0 Å². The van der Waals surface area contributed by atoms with Gasteiger partial charge in [-0.15, -0.1) is 0 Å². The zero-order chi connectivity index (χ0) is 17.3. The smallest absolute Gasteiger partial charge is 0.410 e. The number of amides is 1. The fraction of sp³-hybridized carbons (Fsp3) is 0.611. The van der Waals surface area contributed by atoms with Crippen LogP contribution in [0.5, 0.6) is 0 Å². The van der Waals surface area contributed by atoms with Gasteiger partial charge in [0.1, 0.15) is 5.60 Å². The van der Waals surface area contributed by atoms with Gasteiger partial charge in [-0.05, 0) is 38.5 Å². The fourth-order valence-corrected chi connectivity index (χ4v) is 2.93. The summed E-state index contributed by atoms with van der Waals surface area (Å²) >= 11 is 5.99. The lowest BCUT2D eigenvalue weighted by molar-refractivity contribution is 0.0168. The first-order valence-electron chi connectivity index (χ1n) is 8.07. The SMILES string of the molecule is CC(C)(C)OC(=O)N1CCNC(C(C)(C)c2ccc(Cl)cc2)C1. The zero-order valence-corrected chi connectivity index (χ0v) is 15.4. The maximum absolute atomic E-state index is 12.3. The molecule has 1 amide bonds. The molecule has 1 unspecified atom stereocenters. The molecule has 0 radical (unpaired) electrons. The molecule has 2 rings (SSSR count). The second-order valence-electron chi connectivity index (χ2n) is 7.66. The molecule has 0 aromatic heterocycles. The molecule has 23 heavy (non-hydrogen) atoms. The van der Waals surface area contributed by atoms with Crippen LogP contribution in [-0.2, 0) is 10.2 Å². The number of nitrogens with one attached hydrogen (secondary N) is 1. The first-order valence-corrected chi connectivity index (χ1v) is 8.45. The van der Waals surface area contributed by atoms with Crippen LogP contribution in [0.1, 0.15) is 40.2 Å². The zero-order valence-electron chi connectivity index (χ0n) is 14.6. The molecule has 1 heterocycles. The molecule has 0 spiro atoms. The first-order chi connectivity index (χ1) is 10.6. The third kappa shape index (κ3) is 4.61. The summed E-state index contributed by atoms with van der Waals surface area (Å²) in [5, 5.41) is 4.27. The third-order valence-electron chi connectivity index (χ3n) is 4.29. The minimum atomic E-state index is -0.469. The number of carbonyl (C=O) groups is 1. The minimum absolute atomic E-state index is 0.120. The number of ether oxygens (including phenoxy) is 1. The van der Waals surface area contributed by atoms with Gasteiger partial charge in [0.05, 0.1) is 0 Å². The Hall–Kier alpha value is -1.26. The third-order valence-corrected chi connectivity index (χ3v) is 4.54. The normalized spacial score (nSPS) is 19.6. The molecule has 1 aliphatic heterocycles. The molecule has 4 nitrogen and oxygen atoms in total. The maximum Gasteiger partial charge on any atom is 0.410 e. The van der Waals surface area contributed by atoms with Gasteiger partial charge in [0.15, 0.2) is 0 Å². The van der Waals surface area contributed by atoms with Gasteiger partial charge in [-0.25, -0.2) is 4.79 Å². The van der Waals surface area contributed by atoms with Crippen LogP contribution in [-0.4, -0.2) is 42.3 Å².